The maximum Gasteiger partial charge on any atom is 0.146 e. The van der Waals surface area contributed by atoms with Crippen LogP contribution in [0.25, 0.3) is 0 Å². The Hall–Kier alpha value is -1.82. The summed E-state index contributed by atoms with van der Waals surface area (Å²) in [4.78, 5) is 7.80. The molecule has 1 aromatic heterocycles. The number of rotatable bonds is 2. The third-order valence-corrected chi connectivity index (χ3v) is 2.72. The van der Waals surface area contributed by atoms with Gasteiger partial charge in [-0.05, 0) is 28.1 Å². The van der Waals surface area contributed by atoms with Crippen molar-refractivity contribution in [2.24, 2.45) is 5.16 Å². The quantitative estimate of drug-likeness (QED) is 0.526. The lowest BCUT2D eigenvalue weighted by Gasteiger charge is -2.05. The molecule has 0 atom stereocenters. The summed E-state index contributed by atoms with van der Waals surface area (Å²) in [5, 5.41) is 12.1. The number of halogens is 2. The molecule has 0 spiro atoms. The molecular weight excluding hydrogens is 289 g/mol. The predicted octanol–water partition coefficient (Wildman–Crippen LogP) is 2.60. The van der Waals surface area contributed by atoms with Crippen molar-refractivity contribution in [2.45, 2.75) is 0 Å². The number of aromatic nitrogens is 2. The SMILES string of the molecule is ON=C(c1cnccn1)c1cccc(Br)c1F. The highest BCUT2D eigenvalue weighted by Crippen LogP contribution is 2.20. The van der Waals surface area contributed by atoms with Gasteiger partial charge in [0.15, 0.2) is 0 Å². The maximum atomic E-state index is 13.8. The Bertz CT molecular complexity index is 560. The fourth-order valence-corrected chi connectivity index (χ4v) is 1.72. The first-order valence-electron chi connectivity index (χ1n) is 4.67. The Balaban J connectivity index is 2.55. The van der Waals surface area contributed by atoms with Crippen LogP contribution in [0.5, 0.6) is 0 Å². The minimum Gasteiger partial charge on any atom is -0.410 e. The van der Waals surface area contributed by atoms with E-state index >= 15 is 0 Å². The van der Waals surface area contributed by atoms with E-state index in [1.54, 1.807) is 12.1 Å². The molecule has 4 nitrogen and oxygen atoms in total. The van der Waals surface area contributed by atoms with Crippen LogP contribution >= 0.6 is 15.9 Å². The Morgan fingerprint density at radius 2 is 2.18 bits per heavy atom. The van der Waals surface area contributed by atoms with Crippen LogP contribution in [-0.4, -0.2) is 20.9 Å². The van der Waals surface area contributed by atoms with Crippen molar-refractivity contribution in [3.63, 3.8) is 0 Å². The molecule has 0 aliphatic heterocycles. The summed E-state index contributed by atoms with van der Waals surface area (Å²) in [7, 11) is 0. The van der Waals surface area contributed by atoms with Gasteiger partial charge in [-0.25, -0.2) is 4.39 Å². The molecule has 0 amide bonds. The molecule has 1 aromatic carbocycles. The Labute approximate surface area is 105 Å². The van der Waals surface area contributed by atoms with Gasteiger partial charge in [-0.3, -0.25) is 9.97 Å². The lowest BCUT2D eigenvalue weighted by Crippen LogP contribution is -2.08. The topological polar surface area (TPSA) is 58.4 Å². The normalized spacial score (nSPS) is 11.5. The zero-order valence-electron chi connectivity index (χ0n) is 8.51. The maximum absolute atomic E-state index is 13.8. The molecule has 0 unspecified atom stereocenters. The van der Waals surface area contributed by atoms with E-state index in [0.717, 1.165) is 0 Å². The van der Waals surface area contributed by atoms with Crippen LogP contribution in [0.15, 0.2) is 46.4 Å². The molecule has 0 radical (unpaired) electrons. The van der Waals surface area contributed by atoms with Crippen LogP contribution in [0.1, 0.15) is 11.3 Å². The third kappa shape index (κ3) is 2.31. The fourth-order valence-electron chi connectivity index (χ4n) is 1.35. The minimum atomic E-state index is -0.508. The second-order valence-electron chi connectivity index (χ2n) is 3.14. The monoisotopic (exact) mass is 295 g/mol. The van der Waals surface area contributed by atoms with Crippen LogP contribution in [0.3, 0.4) is 0 Å². The Morgan fingerprint density at radius 1 is 1.35 bits per heavy atom. The van der Waals surface area contributed by atoms with Gasteiger partial charge < -0.3 is 5.21 Å². The fraction of sp³-hybridized carbons (Fsp3) is 0. The summed E-state index contributed by atoms with van der Waals surface area (Å²) >= 11 is 3.07. The number of benzene rings is 1. The molecule has 2 aromatic rings. The highest BCUT2D eigenvalue weighted by atomic mass is 79.9. The van der Waals surface area contributed by atoms with Gasteiger partial charge in [-0.15, -0.1) is 0 Å². The van der Waals surface area contributed by atoms with E-state index in [1.165, 1.54) is 24.7 Å². The molecular formula is C11H7BrFN3O. The standard InChI is InChI=1S/C11H7BrFN3O/c12-8-3-1-2-7(10(8)13)11(16-17)9-6-14-4-5-15-9/h1-6,17H. The summed E-state index contributed by atoms with van der Waals surface area (Å²) in [5.41, 5.74) is 0.492. The summed E-state index contributed by atoms with van der Waals surface area (Å²) in [6.45, 7) is 0. The number of hydrogen-bond donors (Lipinski definition) is 1. The molecule has 6 heteroatoms. The number of oxime groups is 1. The minimum absolute atomic E-state index is 0.0388. The molecule has 0 aliphatic rings. The molecule has 86 valence electrons. The Kier molecular flexibility index (Phi) is 3.43. The second kappa shape index (κ2) is 5.01. The number of hydrogen-bond acceptors (Lipinski definition) is 4. The molecule has 0 saturated heterocycles. The van der Waals surface area contributed by atoms with Crippen molar-refractivity contribution in [1.82, 2.24) is 9.97 Å². The van der Waals surface area contributed by atoms with E-state index in [0.29, 0.717) is 10.2 Å². The van der Waals surface area contributed by atoms with E-state index in [1.807, 2.05) is 0 Å². The molecule has 0 aliphatic carbocycles. The average molecular weight is 296 g/mol. The lowest BCUT2D eigenvalue weighted by molar-refractivity contribution is 0.319. The van der Waals surface area contributed by atoms with E-state index in [9.17, 15) is 4.39 Å². The summed E-state index contributed by atoms with van der Waals surface area (Å²) < 4.78 is 14.1. The third-order valence-electron chi connectivity index (χ3n) is 2.11. The molecule has 1 heterocycles. The molecule has 1 N–H and O–H groups in total. The zero-order chi connectivity index (χ0) is 12.3. The smallest absolute Gasteiger partial charge is 0.146 e. The van der Waals surface area contributed by atoms with Crippen molar-refractivity contribution in [3.05, 3.63) is 58.3 Å². The van der Waals surface area contributed by atoms with Gasteiger partial charge >= 0.3 is 0 Å². The summed E-state index contributed by atoms with van der Waals surface area (Å²) in [6, 6.07) is 4.71. The first-order chi connectivity index (χ1) is 8.24. The highest BCUT2D eigenvalue weighted by Gasteiger charge is 2.15. The van der Waals surface area contributed by atoms with Gasteiger partial charge in [0.25, 0.3) is 0 Å². The van der Waals surface area contributed by atoms with Crippen LogP contribution < -0.4 is 0 Å². The summed E-state index contributed by atoms with van der Waals surface area (Å²) in [6.07, 6.45) is 4.32. The molecule has 0 bridgehead atoms. The number of nitrogens with zero attached hydrogens (tertiary/aromatic N) is 3. The van der Waals surface area contributed by atoms with E-state index in [-0.39, 0.29) is 11.3 Å². The highest BCUT2D eigenvalue weighted by molar-refractivity contribution is 9.10. The molecule has 0 fully saturated rings. The van der Waals surface area contributed by atoms with Crippen LogP contribution in [0.4, 0.5) is 4.39 Å². The van der Waals surface area contributed by atoms with Gasteiger partial charge in [0.1, 0.15) is 17.2 Å². The molecule has 0 saturated carbocycles. The van der Waals surface area contributed by atoms with Gasteiger partial charge in [0, 0.05) is 18.0 Å². The van der Waals surface area contributed by atoms with Gasteiger partial charge in [0.2, 0.25) is 0 Å². The average Bonchev–Trinajstić information content (AvgIpc) is 2.37. The Morgan fingerprint density at radius 3 is 2.82 bits per heavy atom. The van der Waals surface area contributed by atoms with Gasteiger partial charge in [0.05, 0.1) is 10.7 Å². The molecule has 2 rings (SSSR count). The first-order valence-corrected chi connectivity index (χ1v) is 5.46. The van der Waals surface area contributed by atoms with Crippen LogP contribution in [0.2, 0.25) is 0 Å². The van der Waals surface area contributed by atoms with E-state index in [2.05, 4.69) is 31.1 Å². The van der Waals surface area contributed by atoms with Crippen molar-refractivity contribution in [3.8, 4) is 0 Å². The van der Waals surface area contributed by atoms with Crippen molar-refractivity contribution in [1.29, 1.82) is 0 Å². The summed E-state index contributed by atoms with van der Waals surface area (Å²) in [5.74, 6) is -0.508. The predicted molar refractivity (Wildman–Crippen MR) is 63.6 cm³/mol. The van der Waals surface area contributed by atoms with Gasteiger partial charge in [-0.2, -0.15) is 0 Å². The van der Waals surface area contributed by atoms with E-state index < -0.39 is 5.82 Å². The van der Waals surface area contributed by atoms with Crippen molar-refractivity contribution >= 4 is 21.6 Å². The zero-order valence-corrected chi connectivity index (χ0v) is 10.1. The van der Waals surface area contributed by atoms with Gasteiger partial charge in [-0.1, -0.05) is 11.2 Å². The first kappa shape index (κ1) is 11.7. The van der Waals surface area contributed by atoms with Crippen molar-refractivity contribution < 1.29 is 9.60 Å². The largest absolute Gasteiger partial charge is 0.410 e. The second-order valence-corrected chi connectivity index (χ2v) is 3.99. The van der Waals surface area contributed by atoms with Crippen LogP contribution in [-0.2, 0) is 0 Å². The van der Waals surface area contributed by atoms with E-state index in [4.69, 9.17) is 5.21 Å². The van der Waals surface area contributed by atoms with Crippen molar-refractivity contribution in [2.75, 3.05) is 0 Å². The molecule has 17 heavy (non-hydrogen) atoms. The lowest BCUT2D eigenvalue weighted by atomic mass is 10.1. The van der Waals surface area contributed by atoms with Crippen LogP contribution in [0, 0.1) is 5.82 Å².